The first kappa shape index (κ1) is 17.9. The van der Waals surface area contributed by atoms with Gasteiger partial charge in [0.25, 0.3) is 0 Å². The average Bonchev–Trinajstić information content (AvgIpc) is 2.74. The lowest BCUT2D eigenvalue weighted by molar-refractivity contribution is -0.133. The van der Waals surface area contributed by atoms with Crippen molar-refractivity contribution in [3.8, 4) is 11.5 Å². The molecule has 1 saturated heterocycles. The lowest BCUT2D eigenvalue weighted by Crippen LogP contribution is -2.50. The van der Waals surface area contributed by atoms with Crippen molar-refractivity contribution >= 4 is 5.91 Å². The Bertz CT molecular complexity index is 757. The Labute approximate surface area is 160 Å². The van der Waals surface area contributed by atoms with Crippen molar-refractivity contribution in [1.29, 1.82) is 0 Å². The Balaban J connectivity index is 1.26. The van der Waals surface area contributed by atoms with E-state index in [4.69, 9.17) is 9.47 Å². The highest BCUT2D eigenvalue weighted by atomic mass is 16.5. The van der Waals surface area contributed by atoms with Gasteiger partial charge >= 0.3 is 0 Å². The third-order valence-electron chi connectivity index (χ3n) is 5.36. The van der Waals surface area contributed by atoms with Gasteiger partial charge in [-0.2, -0.15) is 0 Å². The first-order valence-electron chi connectivity index (χ1n) is 9.72. The van der Waals surface area contributed by atoms with E-state index in [2.05, 4.69) is 17.0 Å². The maximum atomic E-state index is 12.5. The standard InChI is InChI=1S/C22H26N2O3/c25-22(11-17-26-18-6-2-1-3-7-18)24-14-12-23(13-15-24)20-10-16-27-21-9-5-4-8-19(20)21/h1-9,20H,10-17H2. The minimum atomic E-state index is 0.179. The van der Waals surface area contributed by atoms with Gasteiger partial charge in [-0.25, -0.2) is 0 Å². The molecule has 1 atom stereocenters. The Hall–Kier alpha value is -2.53. The smallest absolute Gasteiger partial charge is 0.226 e. The van der Waals surface area contributed by atoms with Crippen LogP contribution in [0.25, 0.3) is 0 Å². The van der Waals surface area contributed by atoms with Crippen LogP contribution in [0, 0.1) is 0 Å². The van der Waals surface area contributed by atoms with Crippen LogP contribution in [0.4, 0.5) is 0 Å². The van der Waals surface area contributed by atoms with Gasteiger partial charge in [0.05, 0.1) is 19.6 Å². The first-order chi connectivity index (χ1) is 13.3. The second-order valence-corrected chi connectivity index (χ2v) is 7.02. The molecule has 0 bridgehead atoms. The van der Waals surface area contributed by atoms with Gasteiger partial charge in [0.1, 0.15) is 11.5 Å². The largest absolute Gasteiger partial charge is 0.493 e. The fourth-order valence-corrected chi connectivity index (χ4v) is 3.92. The molecule has 4 rings (SSSR count). The normalized spacial score (nSPS) is 19.9. The predicted molar refractivity (Wildman–Crippen MR) is 104 cm³/mol. The second-order valence-electron chi connectivity index (χ2n) is 7.02. The van der Waals surface area contributed by atoms with Crippen LogP contribution in [0.5, 0.6) is 11.5 Å². The molecule has 142 valence electrons. The summed E-state index contributed by atoms with van der Waals surface area (Å²) in [6, 6.07) is 18.4. The van der Waals surface area contributed by atoms with E-state index in [1.165, 1.54) is 5.56 Å². The van der Waals surface area contributed by atoms with Crippen molar-refractivity contribution in [3.63, 3.8) is 0 Å². The molecule has 5 heteroatoms. The quantitative estimate of drug-likeness (QED) is 0.815. The minimum absolute atomic E-state index is 0.179. The molecule has 0 saturated carbocycles. The van der Waals surface area contributed by atoms with E-state index in [0.29, 0.717) is 19.1 Å². The monoisotopic (exact) mass is 366 g/mol. The fraction of sp³-hybridized carbons (Fsp3) is 0.409. The summed E-state index contributed by atoms with van der Waals surface area (Å²) in [5.74, 6) is 2.00. The van der Waals surface area contributed by atoms with Gasteiger partial charge in [0, 0.05) is 44.2 Å². The lowest BCUT2D eigenvalue weighted by Gasteiger charge is -2.41. The maximum Gasteiger partial charge on any atom is 0.226 e. The lowest BCUT2D eigenvalue weighted by atomic mass is 9.98. The molecule has 1 amide bonds. The van der Waals surface area contributed by atoms with Crippen molar-refractivity contribution in [1.82, 2.24) is 9.80 Å². The molecule has 0 radical (unpaired) electrons. The molecule has 5 nitrogen and oxygen atoms in total. The summed E-state index contributed by atoms with van der Waals surface area (Å²) in [4.78, 5) is 16.9. The third kappa shape index (κ3) is 4.25. The van der Waals surface area contributed by atoms with Crippen LogP contribution in [-0.2, 0) is 4.79 Å². The summed E-state index contributed by atoms with van der Waals surface area (Å²) < 4.78 is 11.4. The summed E-state index contributed by atoms with van der Waals surface area (Å²) in [5.41, 5.74) is 1.28. The Morgan fingerprint density at radius 1 is 1.00 bits per heavy atom. The van der Waals surface area contributed by atoms with Crippen molar-refractivity contribution in [2.45, 2.75) is 18.9 Å². The van der Waals surface area contributed by atoms with Crippen LogP contribution in [0.2, 0.25) is 0 Å². The van der Waals surface area contributed by atoms with Gasteiger partial charge in [-0.1, -0.05) is 36.4 Å². The molecule has 0 aliphatic carbocycles. The molecule has 2 aliphatic heterocycles. The van der Waals surface area contributed by atoms with Crippen molar-refractivity contribution in [2.24, 2.45) is 0 Å². The fourth-order valence-electron chi connectivity index (χ4n) is 3.92. The zero-order valence-electron chi connectivity index (χ0n) is 15.5. The average molecular weight is 366 g/mol. The second kappa shape index (κ2) is 8.44. The zero-order chi connectivity index (χ0) is 18.5. The molecule has 1 unspecified atom stereocenters. The van der Waals surface area contributed by atoms with E-state index < -0.39 is 0 Å². The Morgan fingerprint density at radius 3 is 2.56 bits per heavy atom. The SMILES string of the molecule is O=C(CCOc1ccccc1)N1CCN(C2CCOc3ccccc32)CC1. The van der Waals surface area contributed by atoms with E-state index >= 15 is 0 Å². The minimum Gasteiger partial charge on any atom is -0.493 e. The number of hydrogen-bond donors (Lipinski definition) is 0. The first-order valence-corrected chi connectivity index (χ1v) is 9.72. The number of fused-ring (bicyclic) bond motifs is 1. The highest BCUT2D eigenvalue weighted by Crippen LogP contribution is 2.36. The number of para-hydroxylation sites is 2. The van der Waals surface area contributed by atoms with E-state index in [1.807, 2.05) is 47.4 Å². The highest BCUT2D eigenvalue weighted by molar-refractivity contribution is 5.76. The van der Waals surface area contributed by atoms with E-state index in [1.54, 1.807) is 0 Å². The van der Waals surface area contributed by atoms with Crippen LogP contribution in [0.3, 0.4) is 0 Å². The van der Waals surface area contributed by atoms with Crippen molar-refractivity contribution < 1.29 is 14.3 Å². The van der Waals surface area contributed by atoms with Crippen LogP contribution >= 0.6 is 0 Å². The molecule has 27 heavy (non-hydrogen) atoms. The molecule has 2 aromatic rings. The maximum absolute atomic E-state index is 12.5. The van der Waals surface area contributed by atoms with Crippen molar-refractivity contribution in [2.75, 3.05) is 39.4 Å². The van der Waals surface area contributed by atoms with Crippen LogP contribution in [0.15, 0.2) is 54.6 Å². The summed E-state index contributed by atoms with van der Waals surface area (Å²) in [7, 11) is 0. The zero-order valence-corrected chi connectivity index (χ0v) is 15.5. The van der Waals surface area contributed by atoms with Gasteiger partial charge in [0.2, 0.25) is 5.91 Å². The van der Waals surface area contributed by atoms with Gasteiger partial charge in [-0.15, -0.1) is 0 Å². The summed E-state index contributed by atoms with van der Waals surface area (Å²) >= 11 is 0. The molecule has 2 aromatic carbocycles. The molecular weight excluding hydrogens is 340 g/mol. The molecule has 2 aliphatic rings. The number of piperazine rings is 1. The van der Waals surface area contributed by atoms with Crippen LogP contribution in [-0.4, -0.2) is 55.1 Å². The van der Waals surface area contributed by atoms with Gasteiger partial charge < -0.3 is 14.4 Å². The number of carbonyl (C=O) groups is 1. The number of amides is 1. The van der Waals surface area contributed by atoms with Crippen molar-refractivity contribution in [3.05, 3.63) is 60.2 Å². The van der Waals surface area contributed by atoms with E-state index in [9.17, 15) is 4.79 Å². The molecule has 1 fully saturated rings. The summed E-state index contributed by atoms with van der Waals surface area (Å²) in [6.45, 7) is 4.57. The van der Waals surface area contributed by atoms with Crippen LogP contribution < -0.4 is 9.47 Å². The molecular formula is C22H26N2O3. The number of ether oxygens (including phenoxy) is 2. The Morgan fingerprint density at radius 2 is 1.74 bits per heavy atom. The number of rotatable bonds is 5. The number of hydrogen-bond acceptors (Lipinski definition) is 4. The van der Waals surface area contributed by atoms with E-state index in [0.717, 1.165) is 50.7 Å². The molecule has 2 heterocycles. The predicted octanol–water partition coefficient (Wildman–Crippen LogP) is 3.12. The number of carbonyl (C=O) groups excluding carboxylic acids is 1. The van der Waals surface area contributed by atoms with Gasteiger partial charge in [-0.05, 0) is 18.2 Å². The number of benzene rings is 2. The van der Waals surface area contributed by atoms with Gasteiger partial charge in [0.15, 0.2) is 0 Å². The molecule has 0 spiro atoms. The Kier molecular flexibility index (Phi) is 5.58. The topological polar surface area (TPSA) is 42.0 Å². The highest BCUT2D eigenvalue weighted by Gasteiger charge is 2.30. The summed E-state index contributed by atoms with van der Waals surface area (Å²) in [5, 5.41) is 0. The van der Waals surface area contributed by atoms with E-state index in [-0.39, 0.29) is 5.91 Å². The number of nitrogens with zero attached hydrogens (tertiary/aromatic N) is 2. The van der Waals surface area contributed by atoms with Crippen LogP contribution in [0.1, 0.15) is 24.4 Å². The molecule has 0 N–H and O–H groups in total. The summed E-state index contributed by atoms with van der Waals surface area (Å²) in [6.07, 6.45) is 1.44. The third-order valence-corrected chi connectivity index (χ3v) is 5.36. The van der Waals surface area contributed by atoms with Gasteiger partial charge in [-0.3, -0.25) is 9.69 Å². The molecule has 0 aromatic heterocycles.